The summed E-state index contributed by atoms with van der Waals surface area (Å²) in [6.07, 6.45) is 9.99. The molecule has 0 nitrogen and oxygen atoms in total. The van der Waals surface area contributed by atoms with Crippen molar-refractivity contribution in [2.75, 3.05) is 0 Å². The fourth-order valence-electron chi connectivity index (χ4n) is 1.06. The van der Waals surface area contributed by atoms with E-state index < -0.39 is 0 Å². The van der Waals surface area contributed by atoms with Gasteiger partial charge in [0.25, 0.3) is 0 Å². The first-order valence-electron chi connectivity index (χ1n) is 4.54. The van der Waals surface area contributed by atoms with Gasteiger partial charge >= 0.3 is 126 Å². The third kappa shape index (κ3) is 15.0. The summed E-state index contributed by atoms with van der Waals surface area (Å²) in [5.41, 5.74) is 0. The first-order valence-corrected chi connectivity index (χ1v) is 19.6. The van der Waals surface area contributed by atoms with Gasteiger partial charge in [-0.05, 0) is 0 Å². The van der Waals surface area contributed by atoms with Crippen LogP contribution in [-0.2, 0) is 0 Å². The van der Waals surface area contributed by atoms with Crippen LogP contribution >= 0.6 is 37.2 Å². The van der Waals surface area contributed by atoms with Crippen molar-refractivity contribution in [3.8, 4) is 0 Å². The number of rotatable bonds is 10. The second-order valence-electron chi connectivity index (χ2n) is 2.82. The molecule has 0 saturated carbocycles. The summed E-state index contributed by atoms with van der Waals surface area (Å²) in [6.45, 7) is 0. The van der Waals surface area contributed by atoms with Crippen molar-refractivity contribution in [3.63, 3.8) is 0 Å². The third-order valence-corrected chi connectivity index (χ3v) is 8.12. The summed E-state index contributed by atoms with van der Waals surface area (Å²) in [4.78, 5) is 0. The molecule has 0 fully saturated rings. The van der Waals surface area contributed by atoms with Crippen LogP contribution in [0.4, 0.5) is 0 Å². The number of halogens is 4. The van der Waals surface area contributed by atoms with Gasteiger partial charge in [-0.2, -0.15) is 0 Å². The van der Waals surface area contributed by atoms with Gasteiger partial charge in [-0.3, -0.25) is 0 Å². The Morgan fingerprint density at radius 1 is 0.692 bits per heavy atom. The van der Waals surface area contributed by atoms with Crippen LogP contribution in [0.2, 0.25) is 12.6 Å². The Kier molecular flexibility index (Phi) is 18.6. The van der Waals surface area contributed by atoms with Gasteiger partial charge in [0.1, 0.15) is 0 Å². The summed E-state index contributed by atoms with van der Waals surface area (Å²) in [6, 6.07) is 0. The zero-order valence-corrected chi connectivity index (χ0v) is 16.2. The molecule has 0 spiro atoms. The summed E-state index contributed by atoms with van der Waals surface area (Å²) in [5.74, 6) is 0. The van der Waals surface area contributed by atoms with Gasteiger partial charge in [-0.15, -0.1) is 0 Å². The van der Waals surface area contributed by atoms with Gasteiger partial charge in [0.15, 0.2) is 0 Å². The molecule has 2 radical (unpaired) electrons. The van der Waals surface area contributed by atoms with E-state index in [4.69, 9.17) is 0 Å². The third-order valence-electron chi connectivity index (χ3n) is 1.74. The van der Waals surface area contributed by atoms with Crippen molar-refractivity contribution in [2.24, 2.45) is 0 Å². The van der Waals surface area contributed by atoms with Crippen LogP contribution in [0.15, 0.2) is 0 Å². The van der Waals surface area contributed by atoms with Gasteiger partial charge < -0.3 is 0 Å². The minimum atomic E-state index is 0.416. The first-order chi connectivity index (χ1) is 6.41. The van der Waals surface area contributed by atoms with Crippen molar-refractivity contribution >= 4 is 47.5 Å². The van der Waals surface area contributed by atoms with E-state index in [1.54, 1.807) is 0 Å². The van der Waals surface area contributed by atoms with Crippen LogP contribution in [-0.4, -0.2) is 10.3 Å². The molecule has 6 heteroatoms. The van der Waals surface area contributed by atoms with Crippen molar-refractivity contribution in [3.05, 3.63) is 0 Å². The van der Waals surface area contributed by atoms with Crippen LogP contribution in [0, 0.1) is 0 Å². The maximum absolute atomic E-state index is 2.52. The fourth-order valence-corrected chi connectivity index (χ4v) is 5.57. The maximum atomic E-state index is 2.52. The van der Waals surface area contributed by atoms with Crippen LogP contribution in [0.5, 0.6) is 0 Å². The average molecular weight is 627 g/mol. The molecular weight excluding hydrogens is 613 g/mol. The zero-order valence-electron chi connectivity index (χ0n) is 7.62. The van der Waals surface area contributed by atoms with Crippen molar-refractivity contribution in [1.82, 2.24) is 0 Å². The molecule has 0 aliphatic rings. The van der Waals surface area contributed by atoms with Gasteiger partial charge in [-0.1, -0.05) is 0 Å². The van der Waals surface area contributed by atoms with E-state index in [0.29, 0.717) is 34.0 Å². The van der Waals surface area contributed by atoms with E-state index in [1.165, 1.54) is 44.7 Å². The molecule has 0 aromatic heterocycles. The second kappa shape index (κ2) is 15.0. The summed E-state index contributed by atoms with van der Waals surface area (Å²) in [5, 5.41) is 4.99. The molecule has 0 heterocycles. The molecule has 0 atom stereocenters. The Labute approximate surface area is 124 Å². The molecule has 0 aliphatic carbocycles. The average Bonchev–Trinajstić information content (AvgIpc) is 2.16. The summed E-state index contributed by atoms with van der Waals surface area (Å²) in [7, 11) is 0. The Morgan fingerprint density at radius 3 is 1.46 bits per heavy atom. The quantitative estimate of drug-likeness (QED) is 0.148. The molecule has 0 aromatic rings. The Balaban J connectivity index is 2.76. The molecule has 0 rings (SSSR count). The second-order valence-corrected chi connectivity index (χ2v) is 11.8. The Bertz CT molecular complexity index is 84.6. The minimum absolute atomic E-state index is 0.416. The standard InChI is InChI=1S/C7H14B2I4/c10-12-8-6-4-2-1-3-5-7-9-13-11/h1-7H2/q-2. The topological polar surface area (TPSA) is 0 Å². The molecule has 78 valence electrons. The number of hydrogen-bond acceptors (Lipinski definition) is 0. The van der Waals surface area contributed by atoms with Gasteiger partial charge in [0.05, 0.1) is 0 Å². The number of unbranched alkanes of at least 4 members (excludes halogenated alkanes) is 4. The molecule has 0 amide bonds. The van der Waals surface area contributed by atoms with Gasteiger partial charge in [-0.25, -0.2) is 0 Å². The predicted molar refractivity (Wildman–Crippen MR) is 72.2 cm³/mol. The van der Waals surface area contributed by atoms with E-state index in [-0.39, 0.29) is 0 Å². The molecular formula is C7H14B2I4-2. The van der Waals surface area contributed by atoms with Crippen molar-refractivity contribution in [1.29, 1.82) is 0 Å². The van der Waals surface area contributed by atoms with Crippen molar-refractivity contribution < 1.29 is 34.0 Å². The molecule has 0 aromatic carbocycles. The fraction of sp³-hybridized carbons (Fsp3) is 1.00. The van der Waals surface area contributed by atoms with Gasteiger partial charge in [0, 0.05) is 0 Å². The molecule has 0 unspecified atom stereocenters. The first kappa shape index (κ1) is 16.0. The molecule has 0 saturated heterocycles. The number of hydrogen-bond donors (Lipinski definition) is 0. The van der Waals surface area contributed by atoms with Crippen LogP contribution < -0.4 is 34.0 Å². The summed E-state index contributed by atoms with van der Waals surface area (Å²) >= 11 is 5.88. The SMILES string of the molecule is I[I-][B]CCCCCCC[B][I-]I. The molecule has 0 aliphatic heterocycles. The molecule has 0 bridgehead atoms. The zero-order chi connectivity index (χ0) is 9.78. The van der Waals surface area contributed by atoms with E-state index in [2.05, 4.69) is 47.5 Å². The van der Waals surface area contributed by atoms with Crippen LogP contribution in [0.3, 0.4) is 0 Å². The van der Waals surface area contributed by atoms with Gasteiger partial charge in [0.2, 0.25) is 0 Å². The van der Waals surface area contributed by atoms with E-state index in [1.807, 2.05) is 0 Å². The Morgan fingerprint density at radius 2 is 1.08 bits per heavy atom. The normalized spacial score (nSPS) is 10.6. The van der Waals surface area contributed by atoms with Crippen LogP contribution in [0.1, 0.15) is 32.1 Å². The van der Waals surface area contributed by atoms with E-state index in [0.717, 1.165) is 0 Å². The molecule has 13 heavy (non-hydrogen) atoms. The molecule has 0 N–H and O–H groups in total. The predicted octanol–water partition coefficient (Wildman–Crippen LogP) is -2.11. The monoisotopic (exact) mass is 628 g/mol. The summed E-state index contributed by atoms with van der Waals surface area (Å²) < 4.78 is 0. The van der Waals surface area contributed by atoms with E-state index >= 15 is 0 Å². The van der Waals surface area contributed by atoms with E-state index in [9.17, 15) is 0 Å². The van der Waals surface area contributed by atoms with Crippen LogP contribution in [0.25, 0.3) is 0 Å². The Hall–Kier alpha value is 3.05. The van der Waals surface area contributed by atoms with Crippen molar-refractivity contribution in [2.45, 2.75) is 44.7 Å².